The molecule has 0 unspecified atom stereocenters. The highest BCUT2D eigenvalue weighted by Crippen LogP contribution is 2.34. The number of aromatic hydroxyl groups is 1. The molecule has 0 spiro atoms. The van der Waals surface area contributed by atoms with Crippen molar-refractivity contribution in [2.24, 2.45) is 11.8 Å². The number of aliphatic hydroxyl groups is 1. The molecule has 354 valence electrons. The Morgan fingerprint density at radius 2 is 1.61 bits per heavy atom. The smallest absolute Gasteiger partial charge is 0.328 e. The first-order chi connectivity index (χ1) is 32.7. The number of H-pyrrole nitrogens is 1. The van der Waals surface area contributed by atoms with E-state index in [-0.39, 0.29) is 66.9 Å². The van der Waals surface area contributed by atoms with Crippen molar-refractivity contribution in [3.05, 3.63) is 141 Å². The van der Waals surface area contributed by atoms with Gasteiger partial charge < -0.3 is 40.0 Å². The van der Waals surface area contributed by atoms with Crippen LogP contribution in [0.3, 0.4) is 0 Å². The van der Waals surface area contributed by atoms with Crippen LogP contribution in [-0.2, 0) is 25.7 Å². The summed E-state index contributed by atoms with van der Waals surface area (Å²) in [5.74, 6) is 0.234. The monoisotopic (exact) mass is 912 g/mol. The summed E-state index contributed by atoms with van der Waals surface area (Å²) in [4.78, 5) is 57.3. The van der Waals surface area contributed by atoms with Crippen LogP contribution >= 0.6 is 0 Å². The van der Waals surface area contributed by atoms with E-state index < -0.39 is 18.1 Å². The third-order valence-electron chi connectivity index (χ3n) is 13.8. The van der Waals surface area contributed by atoms with Gasteiger partial charge in [-0.05, 0) is 122 Å². The van der Waals surface area contributed by atoms with Crippen LogP contribution in [0.1, 0.15) is 115 Å². The van der Waals surface area contributed by atoms with Crippen molar-refractivity contribution in [3.8, 4) is 11.5 Å². The summed E-state index contributed by atoms with van der Waals surface area (Å²) in [6, 6.07) is 30.4. The molecule has 67 heavy (non-hydrogen) atoms. The number of ether oxygens (including phenoxy) is 3. The first-order valence-electron chi connectivity index (χ1n) is 24.2. The number of amides is 1. The van der Waals surface area contributed by atoms with E-state index in [9.17, 15) is 29.4 Å². The molecule has 13 nitrogen and oxygen atoms in total. The molecule has 1 aromatic heterocycles. The average Bonchev–Trinajstić information content (AvgIpc) is 3.35. The van der Waals surface area contributed by atoms with Crippen LogP contribution in [0.25, 0.3) is 10.9 Å². The van der Waals surface area contributed by atoms with E-state index in [1.54, 1.807) is 24.3 Å². The lowest BCUT2D eigenvalue weighted by Crippen LogP contribution is -2.52. The molecule has 13 heteroatoms. The number of aliphatic hydroxyl groups excluding tert-OH is 1. The van der Waals surface area contributed by atoms with Crippen molar-refractivity contribution in [1.29, 1.82) is 0 Å². The van der Waals surface area contributed by atoms with Gasteiger partial charge in [0.15, 0.2) is 0 Å². The quantitative estimate of drug-likeness (QED) is 0.0360. The zero-order valence-corrected chi connectivity index (χ0v) is 38.2. The minimum Gasteiger partial charge on any atom is -0.506 e. The van der Waals surface area contributed by atoms with Gasteiger partial charge in [-0.15, -0.1) is 0 Å². The number of carbonyl (C=O) groups is 3. The molecule has 1 amide bonds. The second kappa shape index (κ2) is 23.1. The third kappa shape index (κ3) is 12.9. The molecule has 5 N–H and O–H groups in total. The Morgan fingerprint density at radius 1 is 0.836 bits per heavy atom. The van der Waals surface area contributed by atoms with Crippen molar-refractivity contribution < 1.29 is 38.8 Å². The molecule has 9 rings (SSSR count). The summed E-state index contributed by atoms with van der Waals surface area (Å²) in [6.07, 6.45) is 8.75. The summed E-state index contributed by atoms with van der Waals surface area (Å²) in [6.45, 7) is 4.30. The maximum absolute atomic E-state index is 13.6. The van der Waals surface area contributed by atoms with Crippen molar-refractivity contribution in [2.45, 2.75) is 101 Å². The number of hydrogen-bond donors (Lipinski definition) is 5. The standard InChI is InChI=1S/C54H64N4O9/c59-47-22-20-43(44-21-23-50(61)57-52(44)47)48(60)33-55-26-7-8-29-65-54(64)46(30-36-10-3-1-4-11-36)56-53(63)40-18-16-37(17-19-40)35-66-42-15-9-14-41(31-42)45(38-12-5-2-6-13-38)32-51(62)67-49-34-58-27-24-39(49)25-28-58/h2,5-6,9,12-23,31,36,39,45-46,48-49,55,59-60H,1,3-4,7-8,10-11,24-30,32-35H2,(H,56,63)(H,57,61)/t45-,46-,48-,49-/m0/s1. The number of rotatable bonds is 21. The molecule has 1 aliphatic carbocycles. The zero-order chi connectivity index (χ0) is 46.5. The van der Waals surface area contributed by atoms with Crippen LogP contribution < -0.4 is 20.9 Å². The number of phenols is 1. The number of piperidine rings is 3. The highest BCUT2D eigenvalue weighted by Gasteiger charge is 2.37. The number of aromatic nitrogens is 1. The number of benzene rings is 4. The normalized spacial score (nSPS) is 19.6. The van der Waals surface area contributed by atoms with Crippen LogP contribution in [0.4, 0.5) is 0 Å². The van der Waals surface area contributed by atoms with Gasteiger partial charge in [-0.3, -0.25) is 19.3 Å². The number of aromatic amines is 1. The maximum atomic E-state index is 13.6. The number of unbranched alkanes of at least 4 members (excludes halogenated alkanes) is 1. The Hall–Kier alpha value is -6.02. The largest absolute Gasteiger partial charge is 0.506 e. The third-order valence-corrected chi connectivity index (χ3v) is 13.8. The summed E-state index contributed by atoms with van der Waals surface area (Å²) in [5, 5.41) is 27.8. The SMILES string of the molecule is O=C(C[C@@H](c1ccccc1)c1cccc(OCc2ccc(C(=O)N[C@@H](CC3CCCCC3)C(=O)OCCCCNC[C@H](O)c3ccc(O)c4[nH]c(=O)ccc34)cc2)c1)O[C@H]1CN2CCC1CC2. The van der Waals surface area contributed by atoms with Crippen LogP contribution in [0.15, 0.2) is 108 Å². The molecule has 2 bridgehead atoms. The highest BCUT2D eigenvalue weighted by atomic mass is 16.5. The average molecular weight is 913 g/mol. The second-order valence-electron chi connectivity index (χ2n) is 18.5. The second-order valence-corrected chi connectivity index (χ2v) is 18.5. The molecular formula is C54H64N4O9. The number of fused-ring (bicyclic) bond motifs is 4. The van der Waals surface area contributed by atoms with E-state index in [2.05, 4.69) is 20.5 Å². The molecular weight excluding hydrogens is 849 g/mol. The molecule has 3 aliphatic heterocycles. The number of nitrogens with zero attached hydrogens (tertiary/aromatic N) is 1. The lowest BCUT2D eigenvalue weighted by Gasteiger charge is -2.44. The predicted octanol–water partition coefficient (Wildman–Crippen LogP) is 7.69. The lowest BCUT2D eigenvalue weighted by molar-refractivity contribution is -0.159. The Morgan fingerprint density at radius 3 is 2.37 bits per heavy atom. The van der Waals surface area contributed by atoms with E-state index >= 15 is 0 Å². The summed E-state index contributed by atoms with van der Waals surface area (Å²) < 4.78 is 18.1. The molecule has 4 atom stereocenters. The van der Waals surface area contributed by atoms with E-state index in [0.717, 1.165) is 74.8 Å². The fraction of sp³-hybridized carbons (Fsp3) is 0.444. The summed E-state index contributed by atoms with van der Waals surface area (Å²) in [5.41, 5.74) is 3.84. The molecule has 4 heterocycles. The number of pyridine rings is 1. The van der Waals surface area contributed by atoms with Crippen LogP contribution in [0.2, 0.25) is 0 Å². The number of carbonyl (C=O) groups excluding carboxylic acids is 3. The van der Waals surface area contributed by atoms with Gasteiger partial charge in [0.05, 0.1) is 24.6 Å². The van der Waals surface area contributed by atoms with Gasteiger partial charge in [-0.25, -0.2) is 4.79 Å². The number of hydrogen-bond acceptors (Lipinski definition) is 11. The van der Waals surface area contributed by atoms with Crippen molar-refractivity contribution in [3.63, 3.8) is 0 Å². The predicted molar refractivity (Wildman–Crippen MR) is 256 cm³/mol. The van der Waals surface area contributed by atoms with Gasteiger partial charge in [0, 0.05) is 36.0 Å². The first-order valence-corrected chi connectivity index (χ1v) is 24.2. The van der Waals surface area contributed by atoms with Crippen molar-refractivity contribution in [1.82, 2.24) is 20.5 Å². The van der Waals surface area contributed by atoms with E-state index in [0.29, 0.717) is 59.9 Å². The topological polar surface area (TPSA) is 180 Å². The van der Waals surface area contributed by atoms with Crippen molar-refractivity contribution in [2.75, 3.05) is 39.3 Å². The molecule has 4 fully saturated rings. The lowest BCUT2D eigenvalue weighted by atomic mass is 9.84. The molecule has 4 aromatic carbocycles. The Balaban J connectivity index is 0.809. The minimum atomic E-state index is -0.868. The van der Waals surface area contributed by atoms with Crippen LogP contribution in [-0.4, -0.2) is 89.4 Å². The minimum absolute atomic E-state index is 0.0398. The number of phenolic OH excluding ortho intramolecular Hbond substituents is 1. The van der Waals surface area contributed by atoms with Crippen molar-refractivity contribution >= 4 is 28.7 Å². The molecule has 1 saturated carbocycles. The van der Waals surface area contributed by atoms with Gasteiger partial charge in [-0.2, -0.15) is 0 Å². The van der Waals surface area contributed by atoms with E-state index in [4.69, 9.17) is 14.2 Å². The fourth-order valence-electron chi connectivity index (χ4n) is 10.0. The number of nitrogens with one attached hydrogen (secondary N) is 3. The molecule has 5 aromatic rings. The highest BCUT2D eigenvalue weighted by molar-refractivity contribution is 5.96. The fourth-order valence-corrected chi connectivity index (χ4v) is 10.0. The van der Waals surface area contributed by atoms with E-state index in [1.165, 1.54) is 18.6 Å². The Labute approximate surface area is 392 Å². The first kappa shape index (κ1) is 47.5. The number of esters is 2. The van der Waals surface area contributed by atoms with Gasteiger partial charge in [0.1, 0.15) is 30.3 Å². The van der Waals surface area contributed by atoms with Gasteiger partial charge in [0.25, 0.3) is 5.91 Å². The van der Waals surface area contributed by atoms with Gasteiger partial charge in [0.2, 0.25) is 5.56 Å². The van der Waals surface area contributed by atoms with Gasteiger partial charge >= 0.3 is 11.9 Å². The Bertz CT molecular complexity index is 2480. The summed E-state index contributed by atoms with van der Waals surface area (Å²) >= 11 is 0. The molecule has 0 radical (unpaired) electrons. The summed E-state index contributed by atoms with van der Waals surface area (Å²) in [7, 11) is 0. The van der Waals surface area contributed by atoms with E-state index in [1.807, 2.05) is 66.7 Å². The Kier molecular flexibility index (Phi) is 16.4. The van der Waals surface area contributed by atoms with Crippen LogP contribution in [0.5, 0.6) is 11.5 Å². The molecule has 3 saturated heterocycles. The van der Waals surface area contributed by atoms with Crippen LogP contribution in [0, 0.1) is 11.8 Å². The molecule has 4 aliphatic rings. The zero-order valence-electron chi connectivity index (χ0n) is 38.2. The van der Waals surface area contributed by atoms with Gasteiger partial charge in [-0.1, -0.05) is 92.8 Å². The maximum Gasteiger partial charge on any atom is 0.328 e.